The minimum absolute atomic E-state index is 0.268. The summed E-state index contributed by atoms with van der Waals surface area (Å²) in [6.45, 7) is 0. The first-order valence-corrected chi connectivity index (χ1v) is 6.34. The lowest BCUT2D eigenvalue weighted by Gasteiger charge is -2.02. The van der Waals surface area contributed by atoms with Crippen molar-refractivity contribution in [2.45, 2.75) is 0 Å². The number of imidazole rings is 1. The van der Waals surface area contributed by atoms with Crippen LogP contribution in [0.2, 0.25) is 5.02 Å². The van der Waals surface area contributed by atoms with Crippen LogP contribution in [0.3, 0.4) is 0 Å². The van der Waals surface area contributed by atoms with E-state index in [2.05, 4.69) is 15.4 Å². The topological polar surface area (TPSA) is 59.3 Å². The highest BCUT2D eigenvalue weighted by Crippen LogP contribution is 2.15. The number of carbonyl (C=O) groups is 1. The normalized spacial score (nSPS) is 10.7. The summed E-state index contributed by atoms with van der Waals surface area (Å²) < 4.78 is 1.57. The number of rotatable bonds is 2. The maximum Gasteiger partial charge on any atom is 0.275 e. The zero-order chi connectivity index (χ0) is 12.5. The molecule has 0 radical (unpaired) electrons. The van der Waals surface area contributed by atoms with Crippen LogP contribution in [-0.2, 0) is 0 Å². The average molecular weight is 279 g/mol. The molecule has 1 N–H and O–H groups in total. The smallest absolute Gasteiger partial charge is 0.275 e. The molecule has 1 aromatic carbocycles. The summed E-state index contributed by atoms with van der Waals surface area (Å²) in [5.74, 6) is -0.268. The summed E-state index contributed by atoms with van der Waals surface area (Å²) in [5, 5.41) is 7.38. The molecular formula is C11H7ClN4OS. The SMILES string of the molecule is O=C(Nc1ccc(Cl)cc1)c1cn2ncsc2n1. The van der Waals surface area contributed by atoms with Crippen LogP contribution < -0.4 is 5.32 Å². The minimum Gasteiger partial charge on any atom is -0.321 e. The molecular weight excluding hydrogens is 272 g/mol. The van der Waals surface area contributed by atoms with Crippen LogP contribution in [0.1, 0.15) is 10.5 Å². The fourth-order valence-corrected chi connectivity index (χ4v) is 2.20. The van der Waals surface area contributed by atoms with E-state index in [1.165, 1.54) is 11.3 Å². The summed E-state index contributed by atoms with van der Waals surface area (Å²) in [4.78, 5) is 16.8. The first-order valence-electron chi connectivity index (χ1n) is 5.08. The third-order valence-corrected chi connectivity index (χ3v) is 3.26. The number of carbonyl (C=O) groups excluding carboxylic acids is 1. The van der Waals surface area contributed by atoms with Crippen molar-refractivity contribution in [3.63, 3.8) is 0 Å². The van der Waals surface area contributed by atoms with Gasteiger partial charge in [-0.25, -0.2) is 9.50 Å². The first-order chi connectivity index (χ1) is 8.72. The predicted molar refractivity (Wildman–Crippen MR) is 70.3 cm³/mol. The lowest BCUT2D eigenvalue weighted by Crippen LogP contribution is -2.12. The van der Waals surface area contributed by atoms with Crippen LogP contribution in [-0.4, -0.2) is 20.5 Å². The Hall–Kier alpha value is -1.92. The number of aromatic nitrogens is 3. The fourth-order valence-electron chi connectivity index (χ4n) is 1.48. The van der Waals surface area contributed by atoms with Gasteiger partial charge in [-0.1, -0.05) is 22.9 Å². The molecule has 18 heavy (non-hydrogen) atoms. The molecule has 0 bridgehead atoms. The van der Waals surface area contributed by atoms with Gasteiger partial charge in [0.1, 0.15) is 11.2 Å². The monoisotopic (exact) mass is 278 g/mol. The highest BCUT2D eigenvalue weighted by atomic mass is 35.5. The molecule has 5 nitrogen and oxygen atoms in total. The van der Waals surface area contributed by atoms with Gasteiger partial charge in [0, 0.05) is 10.7 Å². The number of hydrogen-bond acceptors (Lipinski definition) is 4. The zero-order valence-corrected chi connectivity index (χ0v) is 10.6. The number of amides is 1. The Balaban J connectivity index is 1.82. The standard InChI is InChI=1S/C11H7ClN4OS/c12-7-1-3-8(4-2-7)14-10(17)9-5-16-11(15-9)18-6-13-16/h1-6H,(H,14,17). The molecule has 0 saturated carbocycles. The largest absolute Gasteiger partial charge is 0.321 e. The number of fused-ring (bicyclic) bond motifs is 1. The molecule has 0 unspecified atom stereocenters. The molecule has 7 heteroatoms. The second-order valence-corrected chi connectivity index (χ2v) is 4.80. The van der Waals surface area contributed by atoms with Crippen LogP contribution >= 0.6 is 22.9 Å². The minimum atomic E-state index is -0.268. The van der Waals surface area contributed by atoms with E-state index in [1.54, 1.807) is 40.5 Å². The second-order valence-electron chi connectivity index (χ2n) is 3.55. The van der Waals surface area contributed by atoms with Crippen LogP contribution in [0.25, 0.3) is 4.96 Å². The van der Waals surface area contributed by atoms with Gasteiger partial charge < -0.3 is 5.32 Å². The van der Waals surface area contributed by atoms with Crippen LogP contribution in [0.15, 0.2) is 36.0 Å². The molecule has 0 saturated heterocycles. The van der Waals surface area contributed by atoms with Gasteiger partial charge in [0.2, 0.25) is 4.96 Å². The predicted octanol–water partition coefficient (Wildman–Crippen LogP) is 2.70. The van der Waals surface area contributed by atoms with Gasteiger partial charge in [-0.2, -0.15) is 5.10 Å². The number of nitrogens with zero attached hydrogens (tertiary/aromatic N) is 3. The van der Waals surface area contributed by atoms with E-state index < -0.39 is 0 Å². The maximum atomic E-state index is 11.9. The molecule has 1 amide bonds. The van der Waals surface area contributed by atoms with Gasteiger partial charge in [-0.05, 0) is 24.3 Å². The van der Waals surface area contributed by atoms with E-state index in [4.69, 9.17) is 11.6 Å². The molecule has 2 aromatic heterocycles. The van der Waals surface area contributed by atoms with Crippen LogP contribution in [0.5, 0.6) is 0 Å². The molecule has 2 heterocycles. The van der Waals surface area contributed by atoms with Crippen molar-refractivity contribution in [3.8, 4) is 0 Å². The van der Waals surface area contributed by atoms with Crippen molar-refractivity contribution in [2.75, 3.05) is 5.32 Å². The Morgan fingerprint density at radius 2 is 2.11 bits per heavy atom. The highest BCUT2D eigenvalue weighted by molar-refractivity contribution is 7.14. The zero-order valence-electron chi connectivity index (χ0n) is 9.00. The maximum absolute atomic E-state index is 11.9. The van der Waals surface area contributed by atoms with Gasteiger partial charge in [-0.15, -0.1) is 0 Å². The first kappa shape index (κ1) is 11.2. The van der Waals surface area contributed by atoms with Gasteiger partial charge in [-0.3, -0.25) is 4.79 Å². The fraction of sp³-hybridized carbons (Fsp3) is 0. The van der Waals surface area contributed by atoms with E-state index in [1.807, 2.05) is 0 Å². The van der Waals surface area contributed by atoms with E-state index in [9.17, 15) is 4.79 Å². The molecule has 0 fully saturated rings. The quantitative estimate of drug-likeness (QED) is 0.784. The third kappa shape index (κ3) is 2.07. The number of hydrogen-bond donors (Lipinski definition) is 1. The molecule has 90 valence electrons. The van der Waals surface area contributed by atoms with E-state index >= 15 is 0 Å². The van der Waals surface area contributed by atoms with Gasteiger partial charge in [0.25, 0.3) is 5.91 Å². The second kappa shape index (κ2) is 4.40. The number of halogens is 1. The van der Waals surface area contributed by atoms with E-state index in [0.29, 0.717) is 21.4 Å². The van der Waals surface area contributed by atoms with Crippen molar-refractivity contribution in [1.82, 2.24) is 14.6 Å². The Morgan fingerprint density at radius 3 is 2.83 bits per heavy atom. The molecule has 3 aromatic rings. The van der Waals surface area contributed by atoms with Crippen molar-refractivity contribution < 1.29 is 4.79 Å². The lowest BCUT2D eigenvalue weighted by atomic mass is 10.3. The summed E-state index contributed by atoms with van der Waals surface area (Å²) in [6, 6.07) is 6.89. The Morgan fingerprint density at radius 1 is 1.33 bits per heavy atom. The van der Waals surface area contributed by atoms with Crippen molar-refractivity contribution in [2.24, 2.45) is 0 Å². The number of anilines is 1. The number of benzene rings is 1. The van der Waals surface area contributed by atoms with Crippen molar-refractivity contribution in [1.29, 1.82) is 0 Å². The summed E-state index contributed by atoms with van der Waals surface area (Å²) in [6.07, 6.45) is 1.59. The third-order valence-electron chi connectivity index (χ3n) is 2.32. The summed E-state index contributed by atoms with van der Waals surface area (Å²) in [7, 11) is 0. The highest BCUT2D eigenvalue weighted by Gasteiger charge is 2.12. The number of nitrogens with one attached hydrogen (secondary N) is 1. The summed E-state index contributed by atoms with van der Waals surface area (Å²) in [5.41, 5.74) is 2.68. The van der Waals surface area contributed by atoms with Crippen LogP contribution in [0, 0.1) is 0 Å². The average Bonchev–Trinajstić information content (AvgIpc) is 2.92. The van der Waals surface area contributed by atoms with Crippen molar-refractivity contribution in [3.05, 3.63) is 46.7 Å². The Bertz CT molecular complexity index is 675. The molecule has 0 spiro atoms. The Kier molecular flexibility index (Phi) is 2.73. The van der Waals surface area contributed by atoms with E-state index in [0.717, 1.165) is 0 Å². The Labute approximate surface area is 111 Å². The summed E-state index contributed by atoms with van der Waals surface area (Å²) >= 11 is 7.15. The van der Waals surface area contributed by atoms with Gasteiger partial charge in [0.05, 0.1) is 6.20 Å². The molecule has 3 rings (SSSR count). The molecule has 0 aliphatic heterocycles. The lowest BCUT2D eigenvalue weighted by molar-refractivity contribution is 0.102. The molecule has 0 aliphatic carbocycles. The molecule has 0 aliphatic rings. The molecule has 0 atom stereocenters. The van der Waals surface area contributed by atoms with Crippen LogP contribution in [0.4, 0.5) is 5.69 Å². The van der Waals surface area contributed by atoms with Gasteiger partial charge in [0.15, 0.2) is 0 Å². The van der Waals surface area contributed by atoms with Crippen molar-refractivity contribution >= 4 is 39.5 Å². The van der Waals surface area contributed by atoms with E-state index in [-0.39, 0.29) is 5.91 Å². The van der Waals surface area contributed by atoms with Gasteiger partial charge >= 0.3 is 0 Å².